The van der Waals surface area contributed by atoms with E-state index in [9.17, 15) is 0 Å². The number of hydrogen-bond acceptors (Lipinski definition) is 5. The average Bonchev–Trinajstić information content (AvgIpc) is 2.82. The minimum Gasteiger partial charge on any atom is -0.381 e. The molecule has 1 aromatic rings. The van der Waals surface area contributed by atoms with Gasteiger partial charge in [-0.3, -0.25) is 0 Å². The Hall–Kier alpha value is -1.17. The van der Waals surface area contributed by atoms with Crippen LogP contribution in [0.15, 0.2) is 24.4 Å². The Bertz CT molecular complexity index is 379. The zero-order valence-electron chi connectivity index (χ0n) is 10.3. The van der Waals surface area contributed by atoms with E-state index in [1.807, 2.05) is 18.2 Å². The lowest BCUT2D eigenvalue weighted by Gasteiger charge is -2.31. The minimum absolute atomic E-state index is 0.0881. The van der Waals surface area contributed by atoms with Crippen LogP contribution < -0.4 is 5.32 Å². The van der Waals surface area contributed by atoms with Crippen LogP contribution in [0, 0.1) is 0 Å². The molecule has 0 radical (unpaired) electrons. The Balaban J connectivity index is 1.50. The van der Waals surface area contributed by atoms with Gasteiger partial charge >= 0.3 is 0 Å². The topological polar surface area (TPSA) is 52.6 Å². The van der Waals surface area contributed by atoms with E-state index < -0.39 is 5.79 Å². The summed E-state index contributed by atoms with van der Waals surface area (Å²) in [5.74, 6) is 0.475. The van der Waals surface area contributed by atoms with E-state index in [2.05, 4.69) is 10.3 Å². The van der Waals surface area contributed by atoms with Gasteiger partial charge in [-0.2, -0.15) is 0 Å². The van der Waals surface area contributed by atoms with Crippen molar-refractivity contribution in [2.75, 3.05) is 31.7 Å². The number of pyridine rings is 1. The fourth-order valence-electron chi connectivity index (χ4n) is 2.35. The van der Waals surface area contributed by atoms with E-state index in [4.69, 9.17) is 14.2 Å². The van der Waals surface area contributed by atoms with Gasteiger partial charge in [0, 0.05) is 25.6 Å². The Morgan fingerprint density at radius 2 is 2.22 bits per heavy atom. The molecule has 98 valence electrons. The van der Waals surface area contributed by atoms with E-state index in [1.54, 1.807) is 6.20 Å². The van der Waals surface area contributed by atoms with Gasteiger partial charge in [-0.05, 0) is 12.1 Å². The highest BCUT2D eigenvalue weighted by atomic mass is 16.7. The summed E-state index contributed by atoms with van der Waals surface area (Å²) in [6, 6.07) is 5.80. The summed E-state index contributed by atoms with van der Waals surface area (Å²) in [5, 5.41) is 3.26. The molecule has 0 aliphatic carbocycles. The van der Waals surface area contributed by atoms with Crippen molar-refractivity contribution in [2.24, 2.45) is 0 Å². The fraction of sp³-hybridized carbons (Fsp3) is 0.615. The molecule has 0 aromatic carbocycles. The number of ether oxygens (including phenoxy) is 3. The van der Waals surface area contributed by atoms with Gasteiger partial charge in [-0.15, -0.1) is 0 Å². The summed E-state index contributed by atoms with van der Waals surface area (Å²) in [7, 11) is 0. The van der Waals surface area contributed by atoms with Crippen LogP contribution in [0.25, 0.3) is 0 Å². The van der Waals surface area contributed by atoms with Crippen molar-refractivity contribution in [3.05, 3.63) is 24.4 Å². The van der Waals surface area contributed by atoms with Gasteiger partial charge in [0.05, 0.1) is 19.8 Å². The van der Waals surface area contributed by atoms with Gasteiger partial charge in [-0.1, -0.05) is 6.07 Å². The second-order valence-electron chi connectivity index (χ2n) is 4.67. The molecule has 1 atom stereocenters. The van der Waals surface area contributed by atoms with Crippen molar-refractivity contribution in [3.63, 3.8) is 0 Å². The molecule has 2 saturated heterocycles. The number of nitrogens with zero attached hydrogens (tertiary/aromatic N) is 1. The number of anilines is 1. The molecular weight excluding hydrogens is 232 g/mol. The molecule has 3 heterocycles. The Morgan fingerprint density at radius 1 is 1.33 bits per heavy atom. The fourth-order valence-corrected chi connectivity index (χ4v) is 2.35. The maximum Gasteiger partial charge on any atom is 0.173 e. The van der Waals surface area contributed by atoms with Crippen LogP contribution in [0.4, 0.5) is 5.82 Å². The highest BCUT2D eigenvalue weighted by molar-refractivity contribution is 5.33. The lowest BCUT2D eigenvalue weighted by atomic mass is 10.1. The Kier molecular flexibility index (Phi) is 3.45. The summed E-state index contributed by atoms with van der Waals surface area (Å²) >= 11 is 0. The van der Waals surface area contributed by atoms with E-state index in [0.29, 0.717) is 6.61 Å². The maximum absolute atomic E-state index is 6.02. The molecule has 2 aliphatic rings. The highest BCUT2D eigenvalue weighted by Gasteiger charge is 2.42. The van der Waals surface area contributed by atoms with E-state index in [0.717, 1.165) is 38.4 Å². The van der Waals surface area contributed by atoms with Crippen molar-refractivity contribution in [1.29, 1.82) is 0 Å². The molecule has 2 fully saturated rings. The van der Waals surface area contributed by atoms with Crippen LogP contribution in [-0.4, -0.2) is 43.2 Å². The molecule has 0 bridgehead atoms. The second-order valence-corrected chi connectivity index (χ2v) is 4.67. The molecule has 2 aliphatic heterocycles. The average molecular weight is 250 g/mol. The number of nitrogens with one attached hydrogen (secondary N) is 1. The number of aromatic nitrogens is 1. The van der Waals surface area contributed by atoms with Crippen LogP contribution >= 0.6 is 0 Å². The van der Waals surface area contributed by atoms with Crippen LogP contribution in [0.3, 0.4) is 0 Å². The van der Waals surface area contributed by atoms with Crippen molar-refractivity contribution in [3.8, 4) is 0 Å². The summed E-state index contributed by atoms with van der Waals surface area (Å²) < 4.78 is 17.2. The first-order valence-electron chi connectivity index (χ1n) is 6.41. The van der Waals surface area contributed by atoms with Gasteiger partial charge in [-0.25, -0.2) is 4.98 Å². The van der Waals surface area contributed by atoms with Crippen LogP contribution in [-0.2, 0) is 14.2 Å². The summed E-state index contributed by atoms with van der Waals surface area (Å²) in [6.45, 7) is 2.81. The van der Waals surface area contributed by atoms with Crippen molar-refractivity contribution in [1.82, 2.24) is 4.98 Å². The highest BCUT2D eigenvalue weighted by Crippen LogP contribution is 2.33. The lowest BCUT2D eigenvalue weighted by Crippen LogP contribution is -2.38. The van der Waals surface area contributed by atoms with Crippen molar-refractivity contribution < 1.29 is 14.2 Å². The van der Waals surface area contributed by atoms with Gasteiger partial charge in [0.2, 0.25) is 0 Å². The quantitative estimate of drug-likeness (QED) is 0.879. The Morgan fingerprint density at radius 3 is 3.00 bits per heavy atom. The molecule has 1 spiro atoms. The first-order valence-corrected chi connectivity index (χ1v) is 6.41. The summed E-state index contributed by atoms with van der Waals surface area (Å²) in [4.78, 5) is 4.22. The normalized spacial score (nSPS) is 26.3. The molecule has 3 rings (SSSR count). The van der Waals surface area contributed by atoms with Crippen LogP contribution in [0.2, 0.25) is 0 Å². The first-order chi connectivity index (χ1) is 8.86. The summed E-state index contributed by atoms with van der Waals surface area (Å²) in [6.07, 6.45) is 3.51. The molecule has 1 N–H and O–H groups in total. The lowest BCUT2D eigenvalue weighted by molar-refractivity contribution is -0.209. The first kappa shape index (κ1) is 11.9. The maximum atomic E-state index is 6.02. The zero-order chi connectivity index (χ0) is 12.3. The third kappa shape index (κ3) is 2.63. The van der Waals surface area contributed by atoms with Crippen LogP contribution in [0.5, 0.6) is 0 Å². The molecule has 0 unspecified atom stereocenters. The molecule has 0 amide bonds. The van der Waals surface area contributed by atoms with Gasteiger partial charge in [0.15, 0.2) is 5.79 Å². The van der Waals surface area contributed by atoms with Crippen molar-refractivity contribution in [2.45, 2.75) is 24.7 Å². The van der Waals surface area contributed by atoms with E-state index in [1.165, 1.54) is 0 Å². The second kappa shape index (κ2) is 5.22. The predicted molar refractivity (Wildman–Crippen MR) is 66.3 cm³/mol. The molecular formula is C13H18N2O3. The SMILES string of the molecule is c1ccc(NC[C@H]2COC3(CCOCC3)O2)nc1. The minimum atomic E-state index is -0.394. The van der Waals surface area contributed by atoms with E-state index in [-0.39, 0.29) is 6.10 Å². The van der Waals surface area contributed by atoms with E-state index >= 15 is 0 Å². The number of hydrogen-bond donors (Lipinski definition) is 1. The van der Waals surface area contributed by atoms with Gasteiger partial charge in [0.1, 0.15) is 11.9 Å². The molecule has 5 heteroatoms. The molecule has 18 heavy (non-hydrogen) atoms. The smallest absolute Gasteiger partial charge is 0.173 e. The number of rotatable bonds is 3. The third-order valence-corrected chi connectivity index (χ3v) is 3.34. The van der Waals surface area contributed by atoms with Crippen LogP contribution in [0.1, 0.15) is 12.8 Å². The van der Waals surface area contributed by atoms with Gasteiger partial charge < -0.3 is 19.5 Å². The molecule has 0 saturated carbocycles. The molecule has 1 aromatic heterocycles. The monoisotopic (exact) mass is 250 g/mol. The Labute approximate surface area is 106 Å². The van der Waals surface area contributed by atoms with Crippen molar-refractivity contribution >= 4 is 5.82 Å². The largest absolute Gasteiger partial charge is 0.381 e. The standard InChI is InChI=1S/C13H18N2O3/c1-2-6-14-12(3-1)15-9-11-10-17-13(18-11)4-7-16-8-5-13/h1-3,6,11H,4-5,7-10H2,(H,14,15)/t11-/m0/s1. The zero-order valence-corrected chi connectivity index (χ0v) is 10.3. The summed E-state index contributed by atoms with van der Waals surface area (Å²) in [5.41, 5.74) is 0. The third-order valence-electron chi connectivity index (χ3n) is 3.34. The van der Waals surface area contributed by atoms with Gasteiger partial charge in [0.25, 0.3) is 0 Å². The molecule has 5 nitrogen and oxygen atoms in total. The predicted octanol–water partition coefficient (Wildman–Crippen LogP) is 1.42.